The van der Waals surface area contributed by atoms with Gasteiger partial charge in [-0.05, 0) is 17.7 Å². The van der Waals surface area contributed by atoms with Crippen LogP contribution in [0.4, 0.5) is 4.39 Å². The summed E-state index contributed by atoms with van der Waals surface area (Å²) in [6, 6.07) is 1.41. The summed E-state index contributed by atoms with van der Waals surface area (Å²) in [7, 11) is 0. The van der Waals surface area contributed by atoms with Crippen LogP contribution in [-0.2, 0) is 4.79 Å². The van der Waals surface area contributed by atoms with Crippen molar-refractivity contribution in [2.45, 2.75) is 6.10 Å². The van der Waals surface area contributed by atoms with Crippen molar-refractivity contribution in [3.63, 3.8) is 0 Å². The van der Waals surface area contributed by atoms with Crippen LogP contribution in [0.1, 0.15) is 11.7 Å². The van der Waals surface area contributed by atoms with Crippen molar-refractivity contribution < 1.29 is 29.6 Å². The van der Waals surface area contributed by atoms with Crippen LogP contribution in [-0.4, -0.2) is 26.4 Å². The number of carboxylic acid groups (broad SMARTS) is 1. The highest BCUT2D eigenvalue weighted by atomic mass is 19.1. The van der Waals surface area contributed by atoms with Crippen LogP contribution >= 0.6 is 0 Å². The van der Waals surface area contributed by atoms with Gasteiger partial charge in [-0.1, -0.05) is 0 Å². The molecule has 0 fully saturated rings. The summed E-state index contributed by atoms with van der Waals surface area (Å²) >= 11 is 0. The van der Waals surface area contributed by atoms with Gasteiger partial charge in [-0.3, -0.25) is 0 Å². The van der Waals surface area contributed by atoms with Gasteiger partial charge >= 0.3 is 5.97 Å². The van der Waals surface area contributed by atoms with E-state index < -0.39 is 29.4 Å². The van der Waals surface area contributed by atoms with Gasteiger partial charge in [0.05, 0.1) is 0 Å². The van der Waals surface area contributed by atoms with E-state index in [-0.39, 0.29) is 5.56 Å². The zero-order valence-electron chi connectivity index (χ0n) is 6.81. The van der Waals surface area contributed by atoms with Gasteiger partial charge in [0, 0.05) is 0 Å². The lowest BCUT2D eigenvalue weighted by atomic mass is 10.1. The smallest absolute Gasteiger partial charge is 0.337 e. The van der Waals surface area contributed by atoms with Crippen LogP contribution in [0, 0.1) is 5.82 Å². The van der Waals surface area contributed by atoms with Crippen LogP contribution < -0.4 is 0 Å². The number of aliphatic hydroxyl groups is 1. The van der Waals surface area contributed by atoms with Crippen LogP contribution in [0.3, 0.4) is 0 Å². The minimum Gasteiger partial charge on any atom is -0.504 e. The number of carboxylic acids is 1. The Morgan fingerprint density at radius 1 is 1.36 bits per heavy atom. The first kappa shape index (κ1) is 10.3. The van der Waals surface area contributed by atoms with E-state index in [2.05, 4.69) is 0 Å². The van der Waals surface area contributed by atoms with E-state index in [1.807, 2.05) is 0 Å². The summed E-state index contributed by atoms with van der Waals surface area (Å²) in [6.07, 6.45) is -1.93. The molecular formula is C8H7FO5. The van der Waals surface area contributed by atoms with E-state index in [0.29, 0.717) is 6.07 Å². The van der Waals surface area contributed by atoms with Gasteiger partial charge in [0.1, 0.15) is 0 Å². The second-order valence-electron chi connectivity index (χ2n) is 2.61. The molecule has 0 radical (unpaired) electrons. The van der Waals surface area contributed by atoms with E-state index in [0.717, 1.165) is 6.07 Å². The lowest BCUT2D eigenvalue weighted by Crippen LogP contribution is -2.10. The SMILES string of the molecule is O=C(O)[C@H](O)c1cc(O)c(O)c(F)c1. The number of aliphatic hydroxyl groups excluding tert-OH is 1. The van der Waals surface area contributed by atoms with E-state index in [9.17, 15) is 9.18 Å². The molecule has 0 aliphatic rings. The third-order valence-electron chi connectivity index (χ3n) is 1.62. The number of aliphatic carboxylic acids is 1. The second-order valence-corrected chi connectivity index (χ2v) is 2.61. The fourth-order valence-electron chi connectivity index (χ4n) is 0.905. The second kappa shape index (κ2) is 3.51. The standard InChI is InChI=1S/C8H7FO5/c9-4-1-3(6(11)8(13)14)2-5(10)7(4)12/h1-2,6,10-12H,(H,13,14)/t6-/m1/s1. The lowest BCUT2D eigenvalue weighted by molar-refractivity contribution is -0.146. The molecule has 5 nitrogen and oxygen atoms in total. The van der Waals surface area contributed by atoms with Gasteiger partial charge in [-0.25, -0.2) is 9.18 Å². The molecule has 0 spiro atoms. The fourth-order valence-corrected chi connectivity index (χ4v) is 0.905. The van der Waals surface area contributed by atoms with Crippen molar-refractivity contribution in [2.24, 2.45) is 0 Å². The zero-order chi connectivity index (χ0) is 10.9. The molecule has 0 aliphatic heterocycles. The summed E-state index contributed by atoms with van der Waals surface area (Å²) in [5.74, 6) is -4.57. The average Bonchev–Trinajstić information content (AvgIpc) is 2.12. The Morgan fingerprint density at radius 3 is 2.36 bits per heavy atom. The summed E-state index contributed by atoms with van der Waals surface area (Å²) in [6.45, 7) is 0. The lowest BCUT2D eigenvalue weighted by Gasteiger charge is -2.07. The highest BCUT2D eigenvalue weighted by Gasteiger charge is 2.19. The minimum atomic E-state index is -1.93. The number of aromatic hydroxyl groups is 2. The Kier molecular flexibility index (Phi) is 2.57. The predicted molar refractivity (Wildman–Crippen MR) is 42.3 cm³/mol. The number of halogens is 1. The van der Waals surface area contributed by atoms with Crippen molar-refractivity contribution in [1.29, 1.82) is 0 Å². The van der Waals surface area contributed by atoms with Crippen molar-refractivity contribution in [3.8, 4) is 11.5 Å². The van der Waals surface area contributed by atoms with Gasteiger partial charge < -0.3 is 20.4 Å². The summed E-state index contributed by atoms with van der Waals surface area (Å²) in [5.41, 5.74) is -0.342. The first-order valence-electron chi connectivity index (χ1n) is 3.55. The monoisotopic (exact) mass is 202 g/mol. The Balaban J connectivity index is 3.19. The minimum absolute atomic E-state index is 0.342. The number of benzene rings is 1. The Morgan fingerprint density at radius 2 is 1.93 bits per heavy atom. The topological polar surface area (TPSA) is 98.0 Å². The molecular weight excluding hydrogens is 195 g/mol. The predicted octanol–water partition coefficient (Wildman–Crippen LogP) is 0.355. The maximum absolute atomic E-state index is 12.7. The number of phenols is 2. The van der Waals surface area contributed by atoms with Crippen LogP contribution in [0.2, 0.25) is 0 Å². The molecule has 0 aliphatic carbocycles. The third-order valence-corrected chi connectivity index (χ3v) is 1.62. The molecule has 0 amide bonds. The van der Waals surface area contributed by atoms with Crippen LogP contribution in [0.25, 0.3) is 0 Å². The number of phenolic OH excluding ortho intramolecular Hbond substituents is 2. The number of carbonyl (C=O) groups is 1. The maximum atomic E-state index is 12.7. The van der Waals surface area contributed by atoms with Crippen LogP contribution in [0.5, 0.6) is 11.5 Å². The number of rotatable bonds is 2. The molecule has 0 saturated heterocycles. The van der Waals surface area contributed by atoms with Gasteiger partial charge in [0.25, 0.3) is 0 Å². The van der Waals surface area contributed by atoms with E-state index in [4.69, 9.17) is 20.4 Å². The van der Waals surface area contributed by atoms with Gasteiger partial charge in [-0.2, -0.15) is 0 Å². The van der Waals surface area contributed by atoms with Gasteiger partial charge in [0.2, 0.25) is 0 Å². The molecule has 4 N–H and O–H groups in total. The fraction of sp³-hybridized carbons (Fsp3) is 0.125. The molecule has 0 saturated carbocycles. The first-order valence-corrected chi connectivity index (χ1v) is 3.55. The molecule has 14 heavy (non-hydrogen) atoms. The van der Waals surface area contributed by atoms with Crippen LogP contribution in [0.15, 0.2) is 12.1 Å². The zero-order valence-corrected chi connectivity index (χ0v) is 6.81. The van der Waals surface area contributed by atoms with E-state index in [1.54, 1.807) is 0 Å². The highest BCUT2D eigenvalue weighted by Crippen LogP contribution is 2.31. The van der Waals surface area contributed by atoms with Crippen molar-refractivity contribution in [2.75, 3.05) is 0 Å². The molecule has 1 aromatic rings. The van der Waals surface area contributed by atoms with E-state index in [1.165, 1.54) is 0 Å². The highest BCUT2D eigenvalue weighted by molar-refractivity contribution is 5.74. The largest absolute Gasteiger partial charge is 0.504 e. The first-order chi connectivity index (χ1) is 6.43. The number of hydrogen-bond acceptors (Lipinski definition) is 4. The Bertz CT molecular complexity index is 353. The average molecular weight is 202 g/mol. The molecule has 0 aromatic heterocycles. The number of hydrogen-bond donors (Lipinski definition) is 4. The molecule has 76 valence electrons. The Hall–Kier alpha value is -1.82. The maximum Gasteiger partial charge on any atom is 0.337 e. The molecule has 1 rings (SSSR count). The van der Waals surface area contributed by atoms with Gasteiger partial charge in [0.15, 0.2) is 23.4 Å². The summed E-state index contributed by atoms with van der Waals surface area (Å²) < 4.78 is 12.7. The summed E-state index contributed by atoms with van der Waals surface area (Å²) in [5, 5.41) is 35.1. The third kappa shape index (κ3) is 1.74. The van der Waals surface area contributed by atoms with E-state index >= 15 is 0 Å². The molecule has 1 atom stereocenters. The molecule has 0 unspecified atom stereocenters. The van der Waals surface area contributed by atoms with Crippen molar-refractivity contribution in [3.05, 3.63) is 23.5 Å². The molecule has 1 aromatic carbocycles. The molecule has 0 bridgehead atoms. The molecule has 6 heteroatoms. The normalized spacial score (nSPS) is 12.4. The Labute approximate surface area is 77.7 Å². The van der Waals surface area contributed by atoms with Gasteiger partial charge in [-0.15, -0.1) is 0 Å². The van der Waals surface area contributed by atoms with Crippen molar-refractivity contribution >= 4 is 5.97 Å². The van der Waals surface area contributed by atoms with Crippen molar-refractivity contribution in [1.82, 2.24) is 0 Å². The summed E-state index contributed by atoms with van der Waals surface area (Å²) in [4.78, 5) is 10.3. The molecule has 0 heterocycles. The quantitative estimate of drug-likeness (QED) is 0.519.